The summed E-state index contributed by atoms with van der Waals surface area (Å²) in [5.41, 5.74) is 3.35. The van der Waals surface area contributed by atoms with Gasteiger partial charge in [0.25, 0.3) is 0 Å². The van der Waals surface area contributed by atoms with Gasteiger partial charge in [0, 0.05) is 12.7 Å². The molecule has 0 aromatic carbocycles. The first kappa shape index (κ1) is 12.1. The largest absolute Gasteiger partial charge is 0.393 e. The molecule has 4 nitrogen and oxygen atoms in total. The maximum atomic E-state index is 9.15. The van der Waals surface area contributed by atoms with Crippen LogP contribution in [-0.4, -0.2) is 27.1 Å². The zero-order chi connectivity index (χ0) is 12.3. The van der Waals surface area contributed by atoms with E-state index in [-0.39, 0.29) is 6.10 Å². The molecule has 0 spiro atoms. The number of aromatic nitrogens is 2. The van der Waals surface area contributed by atoms with Crippen LogP contribution < -0.4 is 5.32 Å². The molecule has 0 saturated heterocycles. The average molecular weight is 233 g/mol. The van der Waals surface area contributed by atoms with E-state index in [0.29, 0.717) is 0 Å². The number of fused-ring (bicyclic) bond motifs is 1. The van der Waals surface area contributed by atoms with Gasteiger partial charge in [0.05, 0.1) is 18.0 Å². The highest BCUT2D eigenvalue weighted by molar-refractivity contribution is 5.42. The Morgan fingerprint density at radius 2 is 2.35 bits per heavy atom. The second kappa shape index (κ2) is 5.29. The molecule has 0 saturated carbocycles. The Bertz CT molecular complexity index is 490. The summed E-state index contributed by atoms with van der Waals surface area (Å²) in [6.45, 7) is 5.46. The molecule has 0 aliphatic carbocycles. The normalized spacial score (nSPS) is 13.1. The Hall–Kier alpha value is -1.39. The minimum absolute atomic E-state index is 0.243. The summed E-state index contributed by atoms with van der Waals surface area (Å²) >= 11 is 0. The minimum atomic E-state index is -0.243. The number of nitrogens with zero attached hydrogens (tertiary/aromatic N) is 2. The maximum absolute atomic E-state index is 9.15. The van der Waals surface area contributed by atoms with Gasteiger partial charge < -0.3 is 14.8 Å². The molecule has 17 heavy (non-hydrogen) atoms. The molecule has 0 amide bonds. The number of nitrogens with one attached hydrogen (secondary N) is 1. The molecule has 0 aliphatic heterocycles. The molecule has 2 rings (SSSR count). The first-order chi connectivity index (χ1) is 8.16. The van der Waals surface area contributed by atoms with Gasteiger partial charge in [0.15, 0.2) is 0 Å². The van der Waals surface area contributed by atoms with E-state index in [9.17, 15) is 0 Å². The highest BCUT2D eigenvalue weighted by Gasteiger charge is 2.02. The molecule has 2 aromatic heterocycles. The van der Waals surface area contributed by atoms with Crippen molar-refractivity contribution in [1.82, 2.24) is 14.7 Å². The number of imidazole rings is 1. The van der Waals surface area contributed by atoms with Crippen molar-refractivity contribution in [3.05, 3.63) is 35.8 Å². The van der Waals surface area contributed by atoms with Crippen molar-refractivity contribution in [3.8, 4) is 0 Å². The van der Waals surface area contributed by atoms with Crippen molar-refractivity contribution in [2.75, 3.05) is 6.54 Å². The third kappa shape index (κ3) is 3.05. The fraction of sp³-hybridized carbons (Fsp3) is 0.462. The van der Waals surface area contributed by atoms with E-state index < -0.39 is 0 Å². The fourth-order valence-electron chi connectivity index (χ4n) is 1.79. The highest BCUT2D eigenvalue weighted by atomic mass is 16.3. The molecule has 2 aromatic rings. The van der Waals surface area contributed by atoms with Crippen molar-refractivity contribution in [3.63, 3.8) is 0 Å². The number of hydrogen-bond acceptors (Lipinski definition) is 3. The second-order valence-corrected chi connectivity index (χ2v) is 4.50. The lowest BCUT2D eigenvalue weighted by Crippen LogP contribution is -2.19. The molecule has 0 fully saturated rings. The van der Waals surface area contributed by atoms with Crippen molar-refractivity contribution in [2.45, 2.75) is 32.9 Å². The quantitative estimate of drug-likeness (QED) is 0.769. The van der Waals surface area contributed by atoms with E-state index in [4.69, 9.17) is 5.11 Å². The predicted octanol–water partition coefficient (Wildman–Crippen LogP) is 1.50. The third-order valence-corrected chi connectivity index (χ3v) is 2.79. The molecule has 4 heteroatoms. The monoisotopic (exact) mass is 233 g/mol. The zero-order valence-electron chi connectivity index (χ0n) is 10.3. The summed E-state index contributed by atoms with van der Waals surface area (Å²) in [5, 5.41) is 12.5. The molecule has 1 unspecified atom stereocenters. The molecule has 1 atom stereocenters. The van der Waals surface area contributed by atoms with Crippen molar-refractivity contribution < 1.29 is 5.11 Å². The Balaban J connectivity index is 1.99. The van der Waals surface area contributed by atoms with Crippen LogP contribution in [0.15, 0.2) is 24.5 Å². The maximum Gasteiger partial charge on any atom is 0.137 e. The van der Waals surface area contributed by atoms with Crippen molar-refractivity contribution >= 4 is 5.65 Å². The lowest BCUT2D eigenvalue weighted by Gasteiger charge is -2.06. The van der Waals surface area contributed by atoms with E-state index in [1.807, 2.05) is 12.4 Å². The summed E-state index contributed by atoms with van der Waals surface area (Å²) in [6, 6.07) is 4.15. The summed E-state index contributed by atoms with van der Waals surface area (Å²) < 4.78 is 2.09. The van der Waals surface area contributed by atoms with E-state index in [2.05, 4.69) is 33.8 Å². The average Bonchev–Trinajstić information content (AvgIpc) is 2.66. The van der Waals surface area contributed by atoms with Crippen LogP contribution in [-0.2, 0) is 6.54 Å². The first-order valence-electron chi connectivity index (χ1n) is 5.98. The standard InChI is InChI=1S/C13H19N3O/c1-10-4-6-16-12(9-15-13(16)7-10)8-14-5-3-11(2)17/h4,6-7,9,11,14,17H,3,5,8H2,1-2H3. The Kier molecular flexibility index (Phi) is 3.76. The van der Waals surface area contributed by atoms with E-state index in [1.54, 1.807) is 6.92 Å². The Labute approximate surface area is 101 Å². The van der Waals surface area contributed by atoms with E-state index in [0.717, 1.165) is 30.9 Å². The number of rotatable bonds is 5. The van der Waals surface area contributed by atoms with Crippen LogP contribution in [0.2, 0.25) is 0 Å². The number of aliphatic hydroxyl groups excluding tert-OH is 1. The minimum Gasteiger partial charge on any atom is -0.393 e. The Morgan fingerprint density at radius 1 is 1.53 bits per heavy atom. The molecule has 2 N–H and O–H groups in total. The number of aliphatic hydroxyl groups is 1. The van der Waals surface area contributed by atoms with Crippen LogP contribution in [0.25, 0.3) is 5.65 Å². The molecule has 92 valence electrons. The fourth-order valence-corrected chi connectivity index (χ4v) is 1.79. The number of hydrogen-bond donors (Lipinski definition) is 2. The van der Waals surface area contributed by atoms with Gasteiger partial charge in [-0.2, -0.15) is 0 Å². The summed E-state index contributed by atoms with van der Waals surface area (Å²) in [5.74, 6) is 0. The van der Waals surface area contributed by atoms with Gasteiger partial charge in [-0.25, -0.2) is 4.98 Å². The number of pyridine rings is 1. The van der Waals surface area contributed by atoms with Crippen LogP contribution in [0, 0.1) is 6.92 Å². The summed E-state index contributed by atoms with van der Waals surface area (Å²) in [6.07, 6.45) is 4.47. The molecular weight excluding hydrogens is 214 g/mol. The van der Waals surface area contributed by atoms with Crippen LogP contribution in [0.1, 0.15) is 24.6 Å². The van der Waals surface area contributed by atoms with Gasteiger partial charge in [0.2, 0.25) is 0 Å². The van der Waals surface area contributed by atoms with E-state index >= 15 is 0 Å². The van der Waals surface area contributed by atoms with Gasteiger partial charge in [-0.3, -0.25) is 0 Å². The Morgan fingerprint density at radius 3 is 3.12 bits per heavy atom. The van der Waals surface area contributed by atoms with Crippen molar-refractivity contribution in [2.24, 2.45) is 0 Å². The van der Waals surface area contributed by atoms with Crippen LogP contribution in [0.4, 0.5) is 0 Å². The molecule has 2 heterocycles. The topological polar surface area (TPSA) is 49.6 Å². The van der Waals surface area contributed by atoms with Crippen LogP contribution in [0.5, 0.6) is 0 Å². The predicted molar refractivity (Wildman–Crippen MR) is 67.9 cm³/mol. The van der Waals surface area contributed by atoms with Crippen LogP contribution in [0.3, 0.4) is 0 Å². The first-order valence-corrected chi connectivity index (χ1v) is 5.98. The molecule has 0 radical (unpaired) electrons. The van der Waals surface area contributed by atoms with Crippen LogP contribution >= 0.6 is 0 Å². The molecule has 0 bridgehead atoms. The SMILES string of the molecule is Cc1ccn2c(CNCCC(C)O)cnc2c1. The molecular formula is C13H19N3O. The third-order valence-electron chi connectivity index (χ3n) is 2.79. The zero-order valence-corrected chi connectivity index (χ0v) is 10.3. The smallest absolute Gasteiger partial charge is 0.137 e. The lowest BCUT2D eigenvalue weighted by molar-refractivity contribution is 0.183. The van der Waals surface area contributed by atoms with Gasteiger partial charge in [0.1, 0.15) is 5.65 Å². The highest BCUT2D eigenvalue weighted by Crippen LogP contribution is 2.08. The second-order valence-electron chi connectivity index (χ2n) is 4.50. The van der Waals surface area contributed by atoms with Gasteiger partial charge >= 0.3 is 0 Å². The van der Waals surface area contributed by atoms with E-state index in [1.165, 1.54) is 5.56 Å². The van der Waals surface area contributed by atoms with Gasteiger partial charge in [-0.1, -0.05) is 0 Å². The summed E-state index contributed by atoms with van der Waals surface area (Å²) in [7, 11) is 0. The van der Waals surface area contributed by atoms with Gasteiger partial charge in [-0.05, 0) is 44.5 Å². The van der Waals surface area contributed by atoms with Gasteiger partial charge in [-0.15, -0.1) is 0 Å². The molecule has 0 aliphatic rings. The van der Waals surface area contributed by atoms with Crippen molar-refractivity contribution in [1.29, 1.82) is 0 Å². The number of aryl methyl sites for hydroxylation is 1. The summed E-state index contributed by atoms with van der Waals surface area (Å²) in [4.78, 5) is 4.37. The lowest BCUT2D eigenvalue weighted by atomic mass is 10.3.